The van der Waals surface area contributed by atoms with E-state index in [4.69, 9.17) is 15.4 Å². The Balaban J connectivity index is 2.15. The molecule has 0 radical (unpaired) electrons. The minimum absolute atomic E-state index is 0.134. The third-order valence-electron chi connectivity index (χ3n) is 2.74. The summed E-state index contributed by atoms with van der Waals surface area (Å²) in [5, 5.41) is 0. The van der Waals surface area contributed by atoms with Crippen LogP contribution in [0.3, 0.4) is 0 Å². The quantitative estimate of drug-likeness (QED) is 0.739. The number of fused-ring (bicyclic) bond motifs is 1. The van der Waals surface area contributed by atoms with Crippen molar-refractivity contribution >= 4 is 37.2 Å². The fourth-order valence-corrected chi connectivity index (χ4v) is 4.20. The lowest BCUT2D eigenvalue weighted by atomic mass is 10.1. The molecule has 1 aromatic rings. The van der Waals surface area contributed by atoms with Crippen LogP contribution in [0, 0.1) is 0 Å². The summed E-state index contributed by atoms with van der Waals surface area (Å²) in [6.07, 6.45) is 0.232. The van der Waals surface area contributed by atoms with Crippen molar-refractivity contribution in [1.29, 1.82) is 0 Å². The van der Waals surface area contributed by atoms with Crippen molar-refractivity contribution in [1.82, 2.24) is 4.90 Å². The van der Waals surface area contributed by atoms with Gasteiger partial charge in [0.15, 0.2) is 0 Å². The second-order valence-corrected chi connectivity index (χ2v) is 9.53. The number of thiophene rings is 1. The van der Waals surface area contributed by atoms with E-state index >= 15 is 0 Å². The number of ether oxygens (including phenoxy) is 1. The van der Waals surface area contributed by atoms with Gasteiger partial charge in [-0.15, -0.1) is 11.3 Å². The highest BCUT2D eigenvalue weighted by Gasteiger charge is 2.28. The predicted octanol–water partition coefficient (Wildman–Crippen LogP) is 2.97. The van der Waals surface area contributed by atoms with Crippen LogP contribution in [0.2, 0.25) is 0 Å². The van der Waals surface area contributed by atoms with Crippen LogP contribution in [0.15, 0.2) is 10.3 Å². The molecule has 0 saturated carbocycles. The maximum Gasteiger partial charge on any atom is 0.410 e. The molecule has 1 amide bonds. The van der Waals surface area contributed by atoms with Gasteiger partial charge < -0.3 is 9.64 Å². The van der Waals surface area contributed by atoms with Crippen LogP contribution in [-0.4, -0.2) is 31.6 Å². The Morgan fingerprint density at radius 1 is 1.45 bits per heavy atom. The molecule has 0 spiro atoms. The van der Waals surface area contributed by atoms with E-state index in [2.05, 4.69) is 0 Å². The molecule has 1 aromatic heterocycles. The summed E-state index contributed by atoms with van der Waals surface area (Å²) in [4.78, 5) is 14.5. The largest absolute Gasteiger partial charge is 0.444 e. The minimum Gasteiger partial charge on any atom is -0.444 e. The molecule has 0 bridgehead atoms. The molecule has 8 heteroatoms. The van der Waals surface area contributed by atoms with Gasteiger partial charge in [-0.05, 0) is 38.8 Å². The summed E-state index contributed by atoms with van der Waals surface area (Å²) >= 11 is 1.17. The Kier molecular flexibility index (Phi) is 4.05. The molecule has 2 heterocycles. The molecule has 20 heavy (non-hydrogen) atoms. The molecular formula is C12H16ClNO4S2. The van der Waals surface area contributed by atoms with E-state index in [1.165, 1.54) is 11.3 Å². The Labute approximate surface area is 126 Å². The van der Waals surface area contributed by atoms with Crippen LogP contribution in [0.1, 0.15) is 31.2 Å². The molecule has 5 nitrogen and oxygen atoms in total. The van der Waals surface area contributed by atoms with Gasteiger partial charge in [0.05, 0.1) is 6.54 Å². The Morgan fingerprint density at radius 3 is 2.65 bits per heavy atom. The van der Waals surface area contributed by atoms with Gasteiger partial charge in [-0.1, -0.05) is 0 Å². The monoisotopic (exact) mass is 337 g/mol. The molecule has 0 unspecified atom stereocenters. The number of halogens is 1. The van der Waals surface area contributed by atoms with Gasteiger partial charge >= 0.3 is 6.09 Å². The van der Waals surface area contributed by atoms with Crippen LogP contribution in [0.25, 0.3) is 0 Å². The third-order valence-corrected chi connectivity index (χ3v) is 6.05. The van der Waals surface area contributed by atoms with Gasteiger partial charge in [0.2, 0.25) is 0 Å². The Hall–Kier alpha value is -0.790. The summed E-state index contributed by atoms with van der Waals surface area (Å²) < 4.78 is 28.1. The highest BCUT2D eigenvalue weighted by atomic mass is 35.7. The lowest BCUT2D eigenvalue weighted by Gasteiger charge is -2.29. The summed E-state index contributed by atoms with van der Waals surface area (Å²) in [5.41, 5.74) is 0.280. The SMILES string of the molecule is CC(C)(C)OC(=O)N1CCc2sc(S(=O)(=O)Cl)cc2C1. The molecule has 0 saturated heterocycles. The molecule has 2 rings (SSSR count). The first-order chi connectivity index (χ1) is 9.06. The molecule has 112 valence electrons. The topological polar surface area (TPSA) is 63.7 Å². The standard InChI is InChI=1S/C12H16ClNO4S2/c1-12(2,3)18-11(15)14-5-4-9-8(7-14)6-10(19-9)20(13,16)17/h6H,4-5,7H2,1-3H3. The highest BCUT2D eigenvalue weighted by molar-refractivity contribution is 8.15. The molecule has 1 aliphatic heterocycles. The van der Waals surface area contributed by atoms with Crippen molar-refractivity contribution in [2.24, 2.45) is 0 Å². The number of hydrogen-bond acceptors (Lipinski definition) is 5. The van der Waals surface area contributed by atoms with Crippen LogP contribution in [-0.2, 0) is 26.8 Å². The predicted molar refractivity (Wildman–Crippen MR) is 77.7 cm³/mol. The van der Waals surface area contributed by atoms with E-state index in [0.717, 1.165) is 10.4 Å². The number of amides is 1. The Bertz CT molecular complexity index is 630. The van der Waals surface area contributed by atoms with Gasteiger partial charge in [-0.2, -0.15) is 0 Å². The molecule has 0 aromatic carbocycles. The van der Waals surface area contributed by atoms with Crippen molar-refractivity contribution < 1.29 is 17.9 Å². The third kappa shape index (κ3) is 3.65. The normalized spacial score (nSPS) is 15.9. The van der Waals surface area contributed by atoms with Gasteiger partial charge in [0.25, 0.3) is 9.05 Å². The average molecular weight is 338 g/mol. The van der Waals surface area contributed by atoms with Crippen LogP contribution >= 0.6 is 22.0 Å². The lowest BCUT2D eigenvalue weighted by Crippen LogP contribution is -2.39. The molecule has 0 atom stereocenters. The molecular weight excluding hydrogens is 322 g/mol. The van der Waals surface area contributed by atoms with Gasteiger partial charge in [0, 0.05) is 22.1 Å². The maximum absolute atomic E-state index is 12.0. The second-order valence-electron chi connectivity index (χ2n) is 5.60. The number of rotatable bonds is 1. The van der Waals surface area contributed by atoms with E-state index in [0.29, 0.717) is 19.5 Å². The first kappa shape index (κ1) is 15.6. The summed E-state index contributed by atoms with van der Waals surface area (Å²) in [6.45, 7) is 6.30. The number of hydrogen-bond donors (Lipinski definition) is 0. The zero-order valence-corrected chi connectivity index (χ0v) is 13.9. The lowest BCUT2D eigenvalue weighted by molar-refractivity contribution is 0.0225. The van der Waals surface area contributed by atoms with Crippen LogP contribution < -0.4 is 0 Å². The van der Waals surface area contributed by atoms with Crippen LogP contribution in [0.4, 0.5) is 4.79 Å². The zero-order chi connectivity index (χ0) is 15.1. The fraction of sp³-hybridized carbons (Fsp3) is 0.583. The van der Waals surface area contributed by atoms with E-state index in [1.54, 1.807) is 11.0 Å². The zero-order valence-electron chi connectivity index (χ0n) is 11.5. The van der Waals surface area contributed by atoms with E-state index in [9.17, 15) is 13.2 Å². The number of carbonyl (C=O) groups excluding carboxylic acids is 1. The first-order valence-electron chi connectivity index (χ1n) is 6.10. The van der Waals surface area contributed by atoms with E-state index in [-0.39, 0.29) is 10.3 Å². The summed E-state index contributed by atoms with van der Waals surface area (Å²) in [5.74, 6) is 0. The second kappa shape index (κ2) is 5.20. The summed E-state index contributed by atoms with van der Waals surface area (Å²) in [7, 11) is 1.63. The smallest absolute Gasteiger partial charge is 0.410 e. The Morgan fingerprint density at radius 2 is 2.10 bits per heavy atom. The van der Waals surface area contributed by atoms with Crippen LogP contribution in [0.5, 0.6) is 0 Å². The van der Waals surface area contributed by atoms with E-state index < -0.39 is 14.7 Å². The molecule has 0 fully saturated rings. The minimum atomic E-state index is -3.71. The van der Waals surface area contributed by atoms with Gasteiger partial charge in [-0.25, -0.2) is 13.2 Å². The van der Waals surface area contributed by atoms with Crippen molar-refractivity contribution in [3.8, 4) is 0 Å². The molecule has 0 N–H and O–H groups in total. The van der Waals surface area contributed by atoms with Crippen molar-refractivity contribution in [3.05, 3.63) is 16.5 Å². The fourth-order valence-electron chi connectivity index (χ4n) is 1.91. The van der Waals surface area contributed by atoms with Gasteiger partial charge in [-0.3, -0.25) is 0 Å². The highest BCUT2D eigenvalue weighted by Crippen LogP contribution is 2.33. The van der Waals surface area contributed by atoms with Crippen molar-refractivity contribution in [3.63, 3.8) is 0 Å². The van der Waals surface area contributed by atoms with Gasteiger partial charge in [0.1, 0.15) is 9.81 Å². The molecule has 0 aliphatic carbocycles. The average Bonchev–Trinajstić information content (AvgIpc) is 2.68. The molecule has 1 aliphatic rings. The first-order valence-corrected chi connectivity index (χ1v) is 9.23. The van der Waals surface area contributed by atoms with Crippen molar-refractivity contribution in [2.75, 3.05) is 6.54 Å². The summed E-state index contributed by atoms with van der Waals surface area (Å²) in [6, 6.07) is 1.54. The number of nitrogens with zero attached hydrogens (tertiary/aromatic N) is 1. The number of carbonyl (C=O) groups is 1. The van der Waals surface area contributed by atoms with Crippen molar-refractivity contribution in [2.45, 2.75) is 43.5 Å². The maximum atomic E-state index is 12.0. The van der Waals surface area contributed by atoms with E-state index in [1.807, 2.05) is 20.8 Å².